The Labute approximate surface area is 214 Å². The fourth-order valence-corrected chi connectivity index (χ4v) is 3.73. The van der Waals surface area contributed by atoms with Crippen molar-refractivity contribution >= 4 is 11.6 Å². The normalized spacial score (nSPS) is 11.3. The quantitative estimate of drug-likeness (QED) is 0.249. The molecule has 1 aromatic heterocycles. The minimum atomic E-state index is -4.77. The van der Waals surface area contributed by atoms with Crippen LogP contribution in [0.25, 0.3) is 28.2 Å². The van der Waals surface area contributed by atoms with E-state index in [9.17, 15) is 22.4 Å². The molecule has 0 aliphatic heterocycles. The largest absolute Gasteiger partial charge is 0.573 e. The number of alkyl halides is 3. The number of amides is 1. The molecule has 1 heterocycles. The van der Waals surface area contributed by atoms with Crippen LogP contribution in [0.4, 0.5) is 23.2 Å². The maximum Gasteiger partial charge on any atom is 0.573 e. The number of carbonyl (C=O) groups excluding carboxylic acids is 1. The van der Waals surface area contributed by atoms with Crippen LogP contribution in [-0.4, -0.2) is 27.0 Å². The van der Waals surface area contributed by atoms with Crippen LogP contribution in [0.5, 0.6) is 5.75 Å². The lowest BCUT2D eigenvalue weighted by atomic mass is 10.0. The molecule has 10 heteroatoms. The van der Waals surface area contributed by atoms with Crippen molar-refractivity contribution in [2.24, 2.45) is 0 Å². The molecule has 5 rings (SSSR count). The van der Waals surface area contributed by atoms with E-state index in [-0.39, 0.29) is 11.3 Å². The molecule has 0 bridgehead atoms. The van der Waals surface area contributed by atoms with Crippen molar-refractivity contribution in [1.29, 1.82) is 0 Å². The lowest BCUT2D eigenvalue weighted by Gasteiger charge is -2.09. The first kappa shape index (κ1) is 24.7. The lowest BCUT2D eigenvalue weighted by Crippen LogP contribution is -2.17. The van der Waals surface area contributed by atoms with Crippen molar-refractivity contribution in [3.63, 3.8) is 0 Å². The zero-order valence-electron chi connectivity index (χ0n) is 19.5. The highest BCUT2D eigenvalue weighted by atomic mass is 19.4. The molecule has 1 amide bonds. The van der Waals surface area contributed by atoms with Crippen LogP contribution < -0.4 is 10.1 Å². The molecule has 0 radical (unpaired) electrons. The molecule has 4 aromatic carbocycles. The summed E-state index contributed by atoms with van der Waals surface area (Å²) in [5.74, 6) is -1.20. The van der Waals surface area contributed by atoms with E-state index in [0.717, 1.165) is 11.1 Å². The number of nitrogens with one attached hydrogen (secondary N) is 1. The Kier molecular flexibility index (Phi) is 6.61. The first-order valence-electron chi connectivity index (χ1n) is 11.3. The van der Waals surface area contributed by atoms with Crippen LogP contribution in [0.1, 0.15) is 10.4 Å². The number of anilines is 1. The number of hydrogen-bond donors (Lipinski definition) is 1. The third kappa shape index (κ3) is 5.70. The highest BCUT2D eigenvalue weighted by Crippen LogP contribution is 2.25. The number of carbonyl (C=O) groups is 1. The van der Waals surface area contributed by atoms with E-state index in [4.69, 9.17) is 0 Å². The van der Waals surface area contributed by atoms with Gasteiger partial charge in [0.1, 0.15) is 17.9 Å². The Morgan fingerprint density at radius 3 is 2.18 bits per heavy atom. The number of halogens is 4. The molecule has 0 saturated heterocycles. The van der Waals surface area contributed by atoms with E-state index in [1.807, 2.05) is 30.3 Å². The van der Waals surface area contributed by atoms with Gasteiger partial charge in [0.15, 0.2) is 5.82 Å². The third-order valence-corrected chi connectivity index (χ3v) is 5.55. The minimum Gasteiger partial charge on any atom is -0.406 e. The molecular weight excluding hydrogens is 500 g/mol. The fourth-order valence-electron chi connectivity index (χ4n) is 3.73. The highest BCUT2D eigenvalue weighted by molar-refractivity contribution is 6.05. The minimum absolute atomic E-state index is 0.0810. The van der Waals surface area contributed by atoms with E-state index >= 15 is 0 Å². The van der Waals surface area contributed by atoms with Crippen molar-refractivity contribution in [1.82, 2.24) is 14.8 Å². The van der Waals surface area contributed by atoms with E-state index in [1.165, 1.54) is 47.4 Å². The SMILES string of the molecule is O=C(Nc1ccc(-c2ncn(-c3ccc(OC(F)(F)F)cc3)n2)cc1)c1cc(-c2ccccc2)ccc1F. The molecule has 0 unspecified atom stereocenters. The van der Waals surface area contributed by atoms with Gasteiger partial charge in [0.05, 0.1) is 11.3 Å². The molecule has 190 valence electrons. The molecule has 0 atom stereocenters. The number of aromatic nitrogens is 3. The Morgan fingerprint density at radius 1 is 0.816 bits per heavy atom. The first-order valence-corrected chi connectivity index (χ1v) is 11.3. The smallest absolute Gasteiger partial charge is 0.406 e. The second-order valence-electron chi connectivity index (χ2n) is 8.15. The molecule has 1 N–H and O–H groups in total. The molecule has 0 aliphatic rings. The van der Waals surface area contributed by atoms with Gasteiger partial charge in [0.2, 0.25) is 0 Å². The lowest BCUT2D eigenvalue weighted by molar-refractivity contribution is -0.274. The summed E-state index contributed by atoms with van der Waals surface area (Å²) < 4.78 is 56.7. The van der Waals surface area contributed by atoms with Crippen LogP contribution in [-0.2, 0) is 0 Å². The predicted octanol–water partition coefficient (Wildman–Crippen LogP) is 6.89. The molecule has 38 heavy (non-hydrogen) atoms. The van der Waals surface area contributed by atoms with Crippen molar-refractivity contribution in [2.75, 3.05) is 5.32 Å². The van der Waals surface area contributed by atoms with Crippen LogP contribution in [0.2, 0.25) is 0 Å². The summed E-state index contributed by atoms with van der Waals surface area (Å²) in [6, 6.07) is 25.6. The molecule has 0 saturated carbocycles. The summed E-state index contributed by atoms with van der Waals surface area (Å²) in [6.07, 6.45) is -3.35. The van der Waals surface area contributed by atoms with Crippen LogP contribution >= 0.6 is 0 Å². The standard InChI is InChI=1S/C28H18F4N4O2/c29-25-15-8-20(18-4-2-1-3-5-18)16-24(25)27(37)34-21-9-6-19(7-10-21)26-33-17-36(35-26)22-11-13-23(14-12-22)38-28(30,31)32/h1-17H,(H,34,37). The van der Waals surface area contributed by atoms with Gasteiger partial charge in [0, 0.05) is 11.3 Å². The van der Waals surface area contributed by atoms with E-state index < -0.39 is 18.1 Å². The zero-order chi connectivity index (χ0) is 26.7. The number of ether oxygens (including phenoxy) is 1. The maximum absolute atomic E-state index is 14.4. The molecule has 0 fully saturated rings. The predicted molar refractivity (Wildman–Crippen MR) is 133 cm³/mol. The third-order valence-electron chi connectivity index (χ3n) is 5.55. The summed E-state index contributed by atoms with van der Waals surface area (Å²) >= 11 is 0. The van der Waals surface area contributed by atoms with Crippen molar-refractivity contribution in [3.8, 4) is 34.0 Å². The maximum atomic E-state index is 14.4. The van der Waals surface area contributed by atoms with Crippen molar-refractivity contribution in [3.05, 3.63) is 115 Å². The average molecular weight is 518 g/mol. The Hall–Kier alpha value is -4.99. The van der Waals surface area contributed by atoms with Gasteiger partial charge in [-0.25, -0.2) is 14.1 Å². The van der Waals surface area contributed by atoms with Gasteiger partial charge in [0.25, 0.3) is 5.91 Å². The van der Waals surface area contributed by atoms with Crippen LogP contribution in [0.3, 0.4) is 0 Å². The summed E-state index contributed by atoms with van der Waals surface area (Å²) in [7, 11) is 0. The second kappa shape index (κ2) is 10.2. The number of hydrogen-bond acceptors (Lipinski definition) is 4. The van der Waals surface area contributed by atoms with Gasteiger partial charge in [-0.15, -0.1) is 18.3 Å². The van der Waals surface area contributed by atoms with Gasteiger partial charge in [-0.1, -0.05) is 36.4 Å². The van der Waals surface area contributed by atoms with Crippen molar-refractivity contribution < 1.29 is 27.1 Å². The molecule has 6 nitrogen and oxygen atoms in total. The van der Waals surface area contributed by atoms with E-state index in [0.29, 0.717) is 22.8 Å². The van der Waals surface area contributed by atoms with E-state index in [2.05, 4.69) is 20.1 Å². The summed E-state index contributed by atoms with van der Waals surface area (Å²) in [4.78, 5) is 17.0. The second-order valence-corrected chi connectivity index (χ2v) is 8.15. The van der Waals surface area contributed by atoms with Crippen LogP contribution in [0, 0.1) is 5.82 Å². The first-order chi connectivity index (χ1) is 18.2. The Balaban J connectivity index is 1.28. The Bertz CT molecular complexity index is 1570. The Morgan fingerprint density at radius 2 is 1.50 bits per heavy atom. The van der Waals surface area contributed by atoms with Crippen molar-refractivity contribution in [2.45, 2.75) is 6.36 Å². The molecule has 0 aliphatic carbocycles. The van der Waals surface area contributed by atoms with Crippen LogP contribution in [0.15, 0.2) is 103 Å². The summed E-state index contributed by atoms with van der Waals surface area (Å²) in [5.41, 5.74) is 3.07. The number of benzene rings is 4. The fraction of sp³-hybridized carbons (Fsp3) is 0.0357. The molecule has 5 aromatic rings. The van der Waals surface area contributed by atoms with Gasteiger partial charge in [-0.05, 0) is 71.8 Å². The zero-order valence-corrected chi connectivity index (χ0v) is 19.5. The van der Waals surface area contributed by atoms with Gasteiger partial charge in [-0.3, -0.25) is 4.79 Å². The van der Waals surface area contributed by atoms with Gasteiger partial charge in [-0.2, -0.15) is 0 Å². The summed E-state index contributed by atoms with van der Waals surface area (Å²) in [5, 5.41) is 7.04. The summed E-state index contributed by atoms with van der Waals surface area (Å²) in [6.45, 7) is 0. The topological polar surface area (TPSA) is 69.0 Å². The average Bonchev–Trinajstić information content (AvgIpc) is 3.40. The molecule has 0 spiro atoms. The number of nitrogens with zero attached hydrogens (tertiary/aromatic N) is 3. The van der Waals surface area contributed by atoms with Gasteiger partial charge >= 0.3 is 6.36 Å². The monoisotopic (exact) mass is 518 g/mol. The molecular formula is C28H18F4N4O2. The number of rotatable bonds is 6. The highest BCUT2D eigenvalue weighted by Gasteiger charge is 2.31. The van der Waals surface area contributed by atoms with Gasteiger partial charge < -0.3 is 10.1 Å². The van der Waals surface area contributed by atoms with E-state index in [1.54, 1.807) is 30.3 Å².